The van der Waals surface area contributed by atoms with Gasteiger partial charge in [-0.1, -0.05) is 69.3 Å². The molecular formula is C32H37N5O4S. The maximum Gasteiger partial charge on any atom is 0.248 e. The van der Waals surface area contributed by atoms with Crippen molar-refractivity contribution in [2.45, 2.75) is 45.8 Å². The molecule has 0 saturated heterocycles. The lowest BCUT2D eigenvalue weighted by molar-refractivity contribution is -0.119. The van der Waals surface area contributed by atoms with Gasteiger partial charge < -0.3 is 16.2 Å². The van der Waals surface area contributed by atoms with Crippen LogP contribution in [0, 0.1) is 11.8 Å². The number of aliphatic imine (C=N–C) groups is 2. The van der Waals surface area contributed by atoms with E-state index in [9.17, 15) is 18.3 Å². The van der Waals surface area contributed by atoms with E-state index in [-0.39, 0.29) is 42.2 Å². The minimum Gasteiger partial charge on any atom is -0.390 e. The first-order valence-electron chi connectivity index (χ1n) is 14.2. The maximum atomic E-state index is 13.9. The highest BCUT2D eigenvalue weighted by molar-refractivity contribution is 7.93. The molecule has 0 radical (unpaired) electrons. The minimum absolute atomic E-state index is 0.000545. The Kier molecular flexibility index (Phi) is 8.58. The fourth-order valence-electron chi connectivity index (χ4n) is 5.55. The summed E-state index contributed by atoms with van der Waals surface area (Å²) in [5.74, 6) is -0.184. The van der Waals surface area contributed by atoms with Crippen LogP contribution in [0.2, 0.25) is 0 Å². The van der Waals surface area contributed by atoms with Crippen molar-refractivity contribution in [1.29, 1.82) is 0 Å². The third-order valence-electron chi connectivity index (χ3n) is 7.75. The van der Waals surface area contributed by atoms with Gasteiger partial charge in [0.15, 0.2) is 0 Å². The lowest BCUT2D eigenvalue weighted by atomic mass is 9.86. The summed E-state index contributed by atoms with van der Waals surface area (Å²) in [5.41, 5.74) is 10.5. The normalized spacial score (nSPS) is 20.9. The average molecular weight is 588 g/mol. The molecule has 1 aromatic rings. The molecule has 5 rings (SSSR count). The number of nitrogens with zero attached hydrogens (tertiary/aromatic N) is 3. The van der Waals surface area contributed by atoms with Crippen LogP contribution in [0.15, 0.2) is 110 Å². The molecule has 2 aliphatic heterocycles. The summed E-state index contributed by atoms with van der Waals surface area (Å²) in [7, 11) is -3.95. The highest BCUT2D eigenvalue weighted by Crippen LogP contribution is 2.30. The number of sulfonamides is 1. The molecule has 3 unspecified atom stereocenters. The Bertz CT molecular complexity index is 1610. The van der Waals surface area contributed by atoms with E-state index in [4.69, 9.17) is 5.73 Å². The van der Waals surface area contributed by atoms with Crippen LogP contribution in [0.25, 0.3) is 0 Å². The van der Waals surface area contributed by atoms with Gasteiger partial charge in [0, 0.05) is 42.8 Å². The Morgan fingerprint density at radius 3 is 2.60 bits per heavy atom. The number of fused-ring (bicyclic) bond motifs is 2. The summed E-state index contributed by atoms with van der Waals surface area (Å²) < 4.78 is 29.2. The van der Waals surface area contributed by atoms with Gasteiger partial charge in [0.1, 0.15) is 5.82 Å². The van der Waals surface area contributed by atoms with Gasteiger partial charge in [0.2, 0.25) is 15.9 Å². The largest absolute Gasteiger partial charge is 0.390 e. The van der Waals surface area contributed by atoms with Crippen molar-refractivity contribution in [2.75, 3.05) is 13.1 Å². The Hall–Kier alpha value is -3.86. The number of nitrogens with two attached hydrogens (primary N) is 1. The van der Waals surface area contributed by atoms with Crippen LogP contribution in [-0.2, 0) is 21.2 Å². The van der Waals surface area contributed by atoms with Crippen LogP contribution < -0.4 is 11.1 Å². The average Bonchev–Trinajstić information content (AvgIpc) is 3.58. The van der Waals surface area contributed by atoms with Crippen LogP contribution in [-0.4, -0.2) is 60.4 Å². The summed E-state index contributed by atoms with van der Waals surface area (Å²) >= 11 is 0. The van der Waals surface area contributed by atoms with Gasteiger partial charge in [-0.15, -0.1) is 0 Å². The number of carbonyl (C=O) groups excluding carboxylic acids is 1. The van der Waals surface area contributed by atoms with Crippen LogP contribution in [0.1, 0.15) is 32.8 Å². The molecule has 220 valence electrons. The van der Waals surface area contributed by atoms with Crippen LogP contribution in [0.5, 0.6) is 0 Å². The number of hydrogen-bond acceptors (Lipinski definition) is 7. The number of amides is 1. The number of carbonyl (C=O) groups is 1. The molecule has 4 aliphatic rings. The lowest BCUT2D eigenvalue weighted by Gasteiger charge is -2.32. The molecule has 3 atom stereocenters. The lowest BCUT2D eigenvalue weighted by Crippen LogP contribution is -2.52. The standard InChI is InChI=1S/C32H37N5O4S/c1-20(2)18-37(42(40,41)25-11-9-24-16-30(33)35-27(24)17-25)19-29(38)28(15-22-7-5-4-6-8-22)36-32(39)26-12-10-23-13-14-34-31(23)21(26)3/h4-14,16,20-21,28-29,38H,15,17-19,33H2,1-3H3,(H,36,39). The molecule has 9 nitrogen and oxygen atoms in total. The van der Waals surface area contributed by atoms with Gasteiger partial charge in [0.05, 0.1) is 28.5 Å². The minimum atomic E-state index is -3.95. The zero-order valence-corrected chi connectivity index (χ0v) is 24.9. The molecule has 10 heteroatoms. The number of aliphatic hydroxyl groups excluding tert-OH is 1. The molecule has 2 heterocycles. The van der Waals surface area contributed by atoms with E-state index in [0.717, 1.165) is 22.4 Å². The zero-order valence-electron chi connectivity index (χ0n) is 24.1. The van der Waals surface area contributed by atoms with Crippen LogP contribution in [0.4, 0.5) is 0 Å². The Morgan fingerprint density at radius 1 is 1.12 bits per heavy atom. The van der Waals surface area contributed by atoms with E-state index >= 15 is 0 Å². The van der Waals surface area contributed by atoms with Gasteiger partial charge in [-0.25, -0.2) is 13.4 Å². The van der Waals surface area contributed by atoms with Crippen molar-refractivity contribution < 1.29 is 18.3 Å². The van der Waals surface area contributed by atoms with Gasteiger partial charge >= 0.3 is 0 Å². The monoisotopic (exact) mass is 587 g/mol. The molecule has 1 aromatic carbocycles. The van der Waals surface area contributed by atoms with E-state index in [2.05, 4.69) is 15.3 Å². The number of benzene rings is 1. The summed E-state index contributed by atoms with van der Waals surface area (Å²) in [6.45, 7) is 5.80. The van der Waals surface area contributed by atoms with Gasteiger partial charge in [0.25, 0.3) is 0 Å². The predicted molar refractivity (Wildman–Crippen MR) is 166 cm³/mol. The maximum absolute atomic E-state index is 13.9. The van der Waals surface area contributed by atoms with Gasteiger partial charge in [-0.2, -0.15) is 4.31 Å². The van der Waals surface area contributed by atoms with Gasteiger partial charge in [-0.05, 0) is 41.7 Å². The van der Waals surface area contributed by atoms with Crippen molar-refractivity contribution in [3.05, 3.63) is 106 Å². The number of rotatable bonds is 11. The Morgan fingerprint density at radius 2 is 1.86 bits per heavy atom. The van der Waals surface area contributed by atoms with Crippen molar-refractivity contribution in [3.63, 3.8) is 0 Å². The zero-order chi connectivity index (χ0) is 30.0. The number of aliphatic hydroxyl groups is 1. The SMILES string of the molecule is CC(C)CN(CC(O)C(Cc1ccccc1)NC(=O)C1=CC=C2C=CN=C2C1C)S(=O)(=O)C1=CC=C2C=C(N)N=C2C1. The van der Waals surface area contributed by atoms with Crippen molar-refractivity contribution in [2.24, 2.45) is 27.6 Å². The fraction of sp³-hybridized carbons (Fsp3) is 0.344. The Balaban J connectivity index is 1.38. The van der Waals surface area contributed by atoms with E-state index in [1.165, 1.54) is 4.31 Å². The number of allylic oxidation sites excluding steroid dienone is 9. The molecule has 0 bridgehead atoms. The smallest absolute Gasteiger partial charge is 0.248 e. The summed E-state index contributed by atoms with van der Waals surface area (Å²) in [6, 6.07) is 8.78. The molecule has 1 amide bonds. The first-order valence-corrected chi connectivity index (χ1v) is 15.6. The molecule has 42 heavy (non-hydrogen) atoms. The van der Waals surface area contributed by atoms with E-state index in [1.807, 2.05) is 63.3 Å². The molecule has 0 spiro atoms. The molecular weight excluding hydrogens is 550 g/mol. The third kappa shape index (κ3) is 6.30. The quantitative estimate of drug-likeness (QED) is 0.365. The number of hydrogen-bond donors (Lipinski definition) is 3. The summed E-state index contributed by atoms with van der Waals surface area (Å²) in [5, 5.41) is 14.6. The molecule has 4 N–H and O–H groups in total. The van der Waals surface area contributed by atoms with Crippen LogP contribution in [0.3, 0.4) is 0 Å². The van der Waals surface area contributed by atoms with Gasteiger partial charge in [-0.3, -0.25) is 9.79 Å². The van der Waals surface area contributed by atoms with E-state index in [1.54, 1.807) is 30.5 Å². The van der Waals surface area contributed by atoms with Crippen molar-refractivity contribution in [1.82, 2.24) is 9.62 Å². The third-order valence-corrected chi connectivity index (χ3v) is 9.67. The fourth-order valence-corrected chi connectivity index (χ4v) is 7.29. The predicted octanol–water partition coefficient (Wildman–Crippen LogP) is 3.30. The topological polar surface area (TPSA) is 137 Å². The molecule has 0 saturated carbocycles. The van der Waals surface area contributed by atoms with E-state index in [0.29, 0.717) is 23.5 Å². The second kappa shape index (κ2) is 12.2. The second-order valence-electron chi connectivity index (χ2n) is 11.4. The van der Waals surface area contributed by atoms with Crippen molar-refractivity contribution in [3.8, 4) is 0 Å². The Labute approximate surface area is 247 Å². The highest BCUT2D eigenvalue weighted by atomic mass is 32.2. The molecule has 2 aliphatic carbocycles. The first-order chi connectivity index (χ1) is 20.0. The highest BCUT2D eigenvalue weighted by Gasteiger charge is 2.35. The van der Waals surface area contributed by atoms with Crippen LogP contribution >= 0.6 is 0 Å². The summed E-state index contributed by atoms with van der Waals surface area (Å²) in [6.07, 6.45) is 11.6. The summed E-state index contributed by atoms with van der Waals surface area (Å²) in [4.78, 5) is 22.5. The number of nitrogens with one attached hydrogen (secondary N) is 1. The first kappa shape index (κ1) is 29.6. The molecule has 0 fully saturated rings. The van der Waals surface area contributed by atoms with Crippen molar-refractivity contribution >= 4 is 27.4 Å². The molecule has 0 aromatic heterocycles. The second-order valence-corrected chi connectivity index (χ2v) is 13.4. The van der Waals surface area contributed by atoms with E-state index < -0.39 is 22.2 Å².